The van der Waals surface area contributed by atoms with Crippen molar-refractivity contribution < 1.29 is 4.79 Å². The van der Waals surface area contributed by atoms with Crippen LogP contribution in [0.25, 0.3) is 0 Å². The molecular formula is C9H18N4OS. The van der Waals surface area contributed by atoms with Crippen LogP contribution in [0.3, 0.4) is 0 Å². The van der Waals surface area contributed by atoms with Crippen LogP contribution in [0.15, 0.2) is 5.10 Å². The third kappa shape index (κ3) is 2.10. The fourth-order valence-corrected chi connectivity index (χ4v) is 1.62. The summed E-state index contributed by atoms with van der Waals surface area (Å²) in [6, 6.07) is 0. The van der Waals surface area contributed by atoms with Gasteiger partial charge >= 0.3 is 0 Å². The van der Waals surface area contributed by atoms with Gasteiger partial charge in [0.2, 0.25) is 0 Å². The molecule has 86 valence electrons. The summed E-state index contributed by atoms with van der Waals surface area (Å²) in [5.41, 5.74) is 3.06. The summed E-state index contributed by atoms with van der Waals surface area (Å²) in [7, 11) is 0. The average Bonchev–Trinajstić information content (AvgIpc) is 2.12. The molecule has 1 amide bonds. The molecule has 1 heterocycles. The third-order valence-electron chi connectivity index (χ3n) is 2.36. The standard InChI is InChI=1S/C9H18N4OS/c1-8(2,3)6-7(14)13(10)9(4,15-5)12-11-6/h12H,10H2,1-5H3. The maximum Gasteiger partial charge on any atom is 0.287 e. The lowest BCUT2D eigenvalue weighted by Gasteiger charge is -2.41. The predicted octanol–water partition coefficient (Wildman–Crippen LogP) is 0.731. The van der Waals surface area contributed by atoms with Crippen molar-refractivity contribution in [2.45, 2.75) is 32.7 Å². The fourth-order valence-electron chi connectivity index (χ4n) is 1.20. The third-order valence-corrected chi connectivity index (χ3v) is 3.45. The maximum atomic E-state index is 12.0. The van der Waals surface area contributed by atoms with E-state index in [1.807, 2.05) is 34.0 Å². The van der Waals surface area contributed by atoms with Gasteiger partial charge in [-0.25, -0.2) is 10.9 Å². The van der Waals surface area contributed by atoms with Crippen LogP contribution in [-0.2, 0) is 4.79 Å². The molecule has 0 aromatic rings. The van der Waals surface area contributed by atoms with Crippen molar-refractivity contribution in [3.63, 3.8) is 0 Å². The molecule has 0 spiro atoms. The Balaban J connectivity index is 3.06. The van der Waals surface area contributed by atoms with E-state index in [1.165, 1.54) is 16.8 Å². The number of amides is 1. The molecule has 1 aliphatic heterocycles. The van der Waals surface area contributed by atoms with E-state index in [2.05, 4.69) is 10.5 Å². The molecule has 0 fully saturated rings. The number of hydrogen-bond donors (Lipinski definition) is 2. The van der Waals surface area contributed by atoms with E-state index in [9.17, 15) is 4.79 Å². The molecule has 5 nitrogen and oxygen atoms in total. The van der Waals surface area contributed by atoms with E-state index < -0.39 is 4.99 Å². The van der Waals surface area contributed by atoms with Gasteiger partial charge in [-0.05, 0) is 13.2 Å². The van der Waals surface area contributed by atoms with Gasteiger partial charge < -0.3 is 0 Å². The highest BCUT2D eigenvalue weighted by atomic mass is 32.2. The van der Waals surface area contributed by atoms with Gasteiger partial charge in [0.1, 0.15) is 5.71 Å². The Labute approximate surface area is 94.4 Å². The highest BCUT2D eigenvalue weighted by molar-refractivity contribution is 7.99. The molecule has 0 radical (unpaired) electrons. The average molecular weight is 230 g/mol. The Morgan fingerprint density at radius 3 is 2.47 bits per heavy atom. The summed E-state index contributed by atoms with van der Waals surface area (Å²) in [6.45, 7) is 7.61. The van der Waals surface area contributed by atoms with E-state index in [0.29, 0.717) is 5.71 Å². The normalized spacial score (nSPS) is 27.5. The van der Waals surface area contributed by atoms with E-state index in [0.717, 1.165) is 0 Å². The molecule has 0 aliphatic carbocycles. The largest absolute Gasteiger partial charge is 0.287 e. The molecule has 1 rings (SSSR count). The Kier molecular flexibility index (Phi) is 3.02. The molecule has 15 heavy (non-hydrogen) atoms. The lowest BCUT2D eigenvalue weighted by Crippen LogP contribution is -2.65. The smallest absolute Gasteiger partial charge is 0.274 e. The fraction of sp³-hybridized carbons (Fsp3) is 0.778. The van der Waals surface area contributed by atoms with Crippen molar-refractivity contribution in [1.29, 1.82) is 0 Å². The van der Waals surface area contributed by atoms with Crippen LogP contribution in [0.5, 0.6) is 0 Å². The lowest BCUT2D eigenvalue weighted by molar-refractivity contribution is -0.129. The van der Waals surface area contributed by atoms with E-state index >= 15 is 0 Å². The monoisotopic (exact) mass is 230 g/mol. The molecular weight excluding hydrogens is 212 g/mol. The van der Waals surface area contributed by atoms with Crippen molar-refractivity contribution in [3.05, 3.63) is 0 Å². The number of hydrazone groups is 1. The number of thioether (sulfide) groups is 1. The Bertz CT molecular complexity index is 310. The molecule has 3 N–H and O–H groups in total. The summed E-state index contributed by atoms with van der Waals surface area (Å²) in [5.74, 6) is 5.55. The highest BCUT2D eigenvalue weighted by Crippen LogP contribution is 2.28. The maximum absolute atomic E-state index is 12.0. The summed E-state index contributed by atoms with van der Waals surface area (Å²) >= 11 is 1.43. The minimum atomic E-state index is -0.661. The van der Waals surface area contributed by atoms with Gasteiger partial charge in [-0.15, -0.1) is 11.8 Å². The molecule has 1 unspecified atom stereocenters. The zero-order valence-corrected chi connectivity index (χ0v) is 10.6. The Hall–Kier alpha value is -0.750. The molecule has 0 aromatic carbocycles. The molecule has 0 aromatic heterocycles. The van der Waals surface area contributed by atoms with E-state index in [1.54, 1.807) is 0 Å². The lowest BCUT2D eigenvalue weighted by atomic mass is 9.89. The van der Waals surface area contributed by atoms with Gasteiger partial charge in [0, 0.05) is 5.41 Å². The number of nitrogens with zero attached hydrogens (tertiary/aromatic N) is 2. The number of nitrogens with two attached hydrogens (primary N) is 1. The van der Waals surface area contributed by atoms with Crippen LogP contribution in [0.1, 0.15) is 27.7 Å². The number of carbonyl (C=O) groups is 1. The Morgan fingerprint density at radius 2 is 2.07 bits per heavy atom. The van der Waals surface area contributed by atoms with Gasteiger partial charge in [0.25, 0.3) is 5.91 Å². The number of carbonyl (C=O) groups excluding carboxylic acids is 1. The van der Waals surface area contributed by atoms with Crippen LogP contribution in [0.4, 0.5) is 0 Å². The van der Waals surface area contributed by atoms with Gasteiger partial charge in [-0.3, -0.25) is 10.2 Å². The first-order valence-corrected chi connectivity index (χ1v) is 5.94. The van der Waals surface area contributed by atoms with Gasteiger partial charge in [-0.2, -0.15) is 5.10 Å². The summed E-state index contributed by atoms with van der Waals surface area (Å²) < 4.78 is 0. The van der Waals surface area contributed by atoms with Crippen LogP contribution < -0.4 is 11.3 Å². The second-order valence-corrected chi connectivity index (χ2v) is 5.89. The zero-order valence-electron chi connectivity index (χ0n) is 9.79. The SMILES string of the molecule is CSC1(C)NN=C(C(C)(C)C)C(=O)N1N. The molecule has 1 aliphatic rings. The zero-order chi connectivity index (χ0) is 11.9. The second-order valence-electron chi connectivity index (χ2n) is 4.68. The van der Waals surface area contributed by atoms with E-state index in [-0.39, 0.29) is 11.3 Å². The van der Waals surface area contributed by atoms with Crippen molar-refractivity contribution in [2.24, 2.45) is 16.4 Å². The van der Waals surface area contributed by atoms with Crippen molar-refractivity contribution in [1.82, 2.24) is 10.4 Å². The summed E-state index contributed by atoms with van der Waals surface area (Å²) in [5, 5.41) is 5.33. The highest BCUT2D eigenvalue weighted by Gasteiger charge is 2.42. The molecule has 6 heteroatoms. The predicted molar refractivity (Wildman–Crippen MR) is 63.0 cm³/mol. The van der Waals surface area contributed by atoms with Gasteiger partial charge in [0.05, 0.1) is 0 Å². The number of rotatable bonds is 1. The summed E-state index contributed by atoms with van der Waals surface area (Å²) in [4.78, 5) is 11.3. The van der Waals surface area contributed by atoms with E-state index in [4.69, 9.17) is 5.84 Å². The van der Waals surface area contributed by atoms with Crippen molar-refractivity contribution in [2.75, 3.05) is 6.26 Å². The molecule has 0 saturated carbocycles. The number of hydrogen-bond acceptors (Lipinski definition) is 5. The molecule has 0 bridgehead atoms. The molecule has 0 saturated heterocycles. The minimum absolute atomic E-state index is 0.224. The van der Waals surface area contributed by atoms with Crippen molar-refractivity contribution >= 4 is 23.4 Å². The first-order chi connectivity index (χ1) is 6.72. The van der Waals surface area contributed by atoms with Crippen LogP contribution >= 0.6 is 11.8 Å². The quantitative estimate of drug-likeness (QED) is 0.514. The minimum Gasteiger partial charge on any atom is -0.274 e. The van der Waals surface area contributed by atoms with Gasteiger partial charge in [0.15, 0.2) is 4.99 Å². The number of hydrazine groups is 1. The van der Waals surface area contributed by atoms with Crippen LogP contribution in [-0.4, -0.2) is 27.9 Å². The first kappa shape index (κ1) is 12.3. The number of nitrogens with one attached hydrogen (secondary N) is 1. The topological polar surface area (TPSA) is 70.7 Å². The van der Waals surface area contributed by atoms with Gasteiger partial charge in [-0.1, -0.05) is 20.8 Å². The summed E-state index contributed by atoms with van der Waals surface area (Å²) in [6.07, 6.45) is 1.87. The van der Waals surface area contributed by atoms with Crippen LogP contribution in [0.2, 0.25) is 0 Å². The first-order valence-electron chi connectivity index (χ1n) is 4.72. The van der Waals surface area contributed by atoms with Crippen LogP contribution in [0, 0.1) is 5.41 Å². The Morgan fingerprint density at radius 1 is 1.53 bits per heavy atom. The second kappa shape index (κ2) is 3.68. The van der Waals surface area contributed by atoms with Crippen molar-refractivity contribution in [3.8, 4) is 0 Å². The molecule has 1 atom stereocenters.